The van der Waals surface area contributed by atoms with Crippen molar-refractivity contribution in [2.24, 2.45) is 0 Å². The van der Waals surface area contributed by atoms with Gasteiger partial charge in [-0.15, -0.1) is 0 Å². The lowest BCUT2D eigenvalue weighted by Gasteiger charge is -2.27. The first kappa shape index (κ1) is 18.3. The lowest BCUT2D eigenvalue weighted by molar-refractivity contribution is -0.916. The highest BCUT2D eigenvalue weighted by Gasteiger charge is 2.30. The fourth-order valence-corrected chi connectivity index (χ4v) is 3.02. The Morgan fingerprint density at radius 1 is 1.21 bits per heavy atom. The minimum Gasteiger partial charge on any atom is -0.496 e. The number of nitrogens with one attached hydrogen (secondary N) is 1. The maximum Gasteiger partial charge on any atom is 0.285 e. The maximum atomic E-state index is 12.7. The van der Waals surface area contributed by atoms with Crippen molar-refractivity contribution in [3.63, 3.8) is 0 Å². The van der Waals surface area contributed by atoms with Crippen molar-refractivity contribution in [1.82, 2.24) is 4.90 Å². The van der Waals surface area contributed by atoms with Crippen LogP contribution in [-0.4, -0.2) is 39.1 Å². The van der Waals surface area contributed by atoms with E-state index in [1.165, 1.54) is 0 Å². The van der Waals surface area contributed by atoms with E-state index in [0.717, 1.165) is 21.8 Å². The van der Waals surface area contributed by atoms with Crippen LogP contribution in [-0.2, 0) is 11.3 Å². The highest BCUT2D eigenvalue weighted by molar-refractivity contribution is 6.30. The standard InChI is InChI=1S/C19H23ClN2O2/c1-21(2)19(23)18(14-8-6-5-7-9-14)22(3)13-15-12-16(20)10-11-17(15)24-4/h5-12,18H,13H2,1-4H3/p+1/t18-/m0/s1. The molecule has 0 saturated carbocycles. The normalized spacial score (nSPS) is 13.2. The summed E-state index contributed by atoms with van der Waals surface area (Å²) in [5, 5.41) is 0.661. The summed E-state index contributed by atoms with van der Waals surface area (Å²) in [7, 11) is 7.22. The van der Waals surface area contributed by atoms with E-state index in [-0.39, 0.29) is 11.9 Å². The molecule has 128 valence electrons. The Balaban J connectivity index is 2.33. The van der Waals surface area contributed by atoms with E-state index in [1.54, 1.807) is 32.2 Å². The molecule has 0 bridgehead atoms. The van der Waals surface area contributed by atoms with Gasteiger partial charge in [0.25, 0.3) is 5.91 Å². The fraction of sp³-hybridized carbons (Fsp3) is 0.316. The molecule has 2 aromatic rings. The van der Waals surface area contributed by atoms with Crippen molar-refractivity contribution in [2.45, 2.75) is 12.6 Å². The molecule has 0 radical (unpaired) electrons. The Kier molecular flexibility index (Phi) is 6.23. The third-order valence-electron chi connectivity index (χ3n) is 4.03. The van der Waals surface area contributed by atoms with E-state index in [9.17, 15) is 4.79 Å². The number of rotatable bonds is 6. The Morgan fingerprint density at radius 3 is 2.46 bits per heavy atom. The zero-order valence-corrected chi connectivity index (χ0v) is 15.3. The molecule has 0 aliphatic rings. The molecule has 1 N–H and O–H groups in total. The van der Waals surface area contributed by atoms with Crippen LogP contribution in [0.1, 0.15) is 17.2 Å². The van der Waals surface area contributed by atoms with Crippen LogP contribution in [0, 0.1) is 0 Å². The minimum absolute atomic E-state index is 0.0692. The summed E-state index contributed by atoms with van der Waals surface area (Å²) >= 11 is 6.13. The van der Waals surface area contributed by atoms with Crippen LogP contribution in [0.4, 0.5) is 0 Å². The SMILES string of the molecule is COc1ccc(Cl)cc1C[NH+](C)[C@H](C(=O)N(C)C)c1ccccc1. The van der Waals surface area contributed by atoms with Gasteiger partial charge in [0.2, 0.25) is 0 Å². The average Bonchev–Trinajstić information content (AvgIpc) is 2.56. The topological polar surface area (TPSA) is 34.0 Å². The van der Waals surface area contributed by atoms with Crippen LogP contribution in [0.3, 0.4) is 0 Å². The molecule has 4 nitrogen and oxygen atoms in total. The number of carbonyl (C=O) groups excluding carboxylic acids is 1. The van der Waals surface area contributed by atoms with Gasteiger partial charge in [-0.2, -0.15) is 0 Å². The Hall–Kier alpha value is -2.04. The monoisotopic (exact) mass is 347 g/mol. The van der Waals surface area contributed by atoms with Crippen LogP contribution < -0.4 is 9.64 Å². The number of quaternary nitrogens is 1. The molecular formula is C19H24ClN2O2+. The number of hydrogen-bond acceptors (Lipinski definition) is 2. The van der Waals surface area contributed by atoms with Crippen molar-refractivity contribution in [3.8, 4) is 5.75 Å². The van der Waals surface area contributed by atoms with E-state index in [0.29, 0.717) is 11.6 Å². The Bertz CT molecular complexity index is 689. The molecule has 0 heterocycles. The summed E-state index contributed by atoms with van der Waals surface area (Å²) in [5.74, 6) is 0.850. The van der Waals surface area contributed by atoms with Gasteiger partial charge in [0.1, 0.15) is 12.3 Å². The summed E-state index contributed by atoms with van der Waals surface area (Å²) in [4.78, 5) is 15.4. The highest BCUT2D eigenvalue weighted by atomic mass is 35.5. The number of carbonyl (C=O) groups is 1. The third-order valence-corrected chi connectivity index (χ3v) is 4.26. The number of nitrogens with zero attached hydrogens (tertiary/aromatic N) is 1. The van der Waals surface area contributed by atoms with Gasteiger partial charge < -0.3 is 14.5 Å². The molecule has 2 aromatic carbocycles. The third kappa shape index (κ3) is 4.28. The van der Waals surface area contributed by atoms with Crippen LogP contribution in [0.25, 0.3) is 0 Å². The number of halogens is 1. The molecule has 0 spiro atoms. The lowest BCUT2D eigenvalue weighted by atomic mass is 10.0. The number of amides is 1. The number of ether oxygens (including phenoxy) is 1. The summed E-state index contributed by atoms with van der Waals surface area (Å²) in [5.41, 5.74) is 1.98. The Labute approximate surface area is 148 Å². The first-order valence-electron chi connectivity index (χ1n) is 7.85. The van der Waals surface area contributed by atoms with Crippen molar-refractivity contribution >= 4 is 17.5 Å². The fourth-order valence-electron chi connectivity index (χ4n) is 2.83. The van der Waals surface area contributed by atoms with Gasteiger partial charge in [0.15, 0.2) is 6.04 Å². The molecule has 24 heavy (non-hydrogen) atoms. The van der Waals surface area contributed by atoms with Crippen molar-refractivity contribution < 1.29 is 14.4 Å². The molecular weight excluding hydrogens is 324 g/mol. The second-order valence-corrected chi connectivity index (χ2v) is 6.49. The molecule has 0 aliphatic heterocycles. The summed E-state index contributed by atoms with van der Waals surface area (Å²) in [6, 6.07) is 15.1. The zero-order valence-electron chi connectivity index (χ0n) is 14.5. The van der Waals surface area contributed by atoms with E-state index in [1.807, 2.05) is 49.5 Å². The van der Waals surface area contributed by atoms with E-state index >= 15 is 0 Å². The molecule has 0 fully saturated rings. The van der Waals surface area contributed by atoms with Crippen molar-refractivity contribution in [2.75, 3.05) is 28.3 Å². The minimum atomic E-state index is -0.287. The average molecular weight is 348 g/mol. The predicted octanol–water partition coefficient (Wildman–Crippen LogP) is 2.19. The second-order valence-electron chi connectivity index (χ2n) is 6.06. The molecule has 1 amide bonds. The quantitative estimate of drug-likeness (QED) is 0.869. The van der Waals surface area contributed by atoms with Crippen LogP contribution in [0.15, 0.2) is 48.5 Å². The van der Waals surface area contributed by atoms with Gasteiger partial charge in [0, 0.05) is 30.2 Å². The van der Waals surface area contributed by atoms with Gasteiger partial charge in [-0.25, -0.2) is 0 Å². The predicted molar refractivity (Wildman–Crippen MR) is 96.5 cm³/mol. The largest absolute Gasteiger partial charge is 0.496 e. The molecule has 0 saturated heterocycles. The summed E-state index contributed by atoms with van der Waals surface area (Å²) in [6.07, 6.45) is 0. The van der Waals surface area contributed by atoms with Crippen LogP contribution >= 0.6 is 11.6 Å². The van der Waals surface area contributed by atoms with Crippen LogP contribution in [0.2, 0.25) is 5.02 Å². The van der Waals surface area contributed by atoms with Gasteiger partial charge in [-0.3, -0.25) is 4.79 Å². The highest BCUT2D eigenvalue weighted by Crippen LogP contribution is 2.22. The van der Waals surface area contributed by atoms with E-state index in [2.05, 4.69) is 0 Å². The van der Waals surface area contributed by atoms with E-state index in [4.69, 9.17) is 16.3 Å². The van der Waals surface area contributed by atoms with Gasteiger partial charge >= 0.3 is 0 Å². The van der Waals surface area contributed by atoms with Gasteiger partial charge in [-0.1, -0.05) is 41.9 Å². The first-order valence-corrected chi connectivity index (χ1v) is 8.22. The molecule has 0 aliphatic carbocycles. The molecule has 1 unspecified atom stereocenters. The molecule has 0 aromatic heterocycles. The number of methoxy groups -OCH3 is 1. The zero-order chi connectivity index (χ0) is 17.7. The van der Waals surface area contributed by atoms with Gasteiger partial charge in [-0.05, 0) is 18.2 Å². The summed E-state index contributed by atoms with van der Waals surface area (Å²) in [6.45, 7) is 0.628. The second kappa shape index (κ2) is 8.18. The van der Waals surface area contributed by atoms with E-state index < -0.39 is 0 Å². The number of benzene rings is 2. The van der Waals surface area contributed by atoms with Gasteiger partial charge in [0.05, 0.1) is 14.2 Å². The molecule has 2 rings (SSSR count). The summed E-state index contributed by atoms with van der Waals surface area (Å²) < 4.78 is 5.43. The lowest BCUT2D eigenvalue weighted by Crippen LogP contribution is -3.09. The Morgan fingerprint density at radius 2 is 1.88 bits per heavy atom. The first-order chi connectivity index (χ1) is 11.4. The van der Waals surface area contributed by atoms with Crippen molar-refractivity contribution in [3.05, 3.63) is 64.7 Å². The van der Waals surface area contributed by atoms with Crippen LogP contribution in [0.5, 0.6) is 5.75 Å². The number of likely N-dealkylation sites (N-methyl/N-ethyl adjacent to an activating group) is 2. The number of hydrogen-bond donors (Lipinski definition) is 1. The molecule has 2 atom stereocenters. The van der Waals surface area contributed by atoms with Crippen molar-refractivity contribution in [1.29, 1.82) is 0 Å². The molecule has 5 heteroatoms. The smallest absolute Gasteiger partial charge is 0.285 e. The maximum absolute atomic E-state index is 12.7.